The van der Waals surface area contributed by atoms with E-state index >= 15 is 0 Å². The fraction of sp³-hybridized carbons (Fsp3) is 0.133. The summed E-state index contributed by atoms with van der Waals surface area (Å²) in [6.45, 7) is 3.88. The minimum absolute atomic E-state index is 0.327. The number of benzene rings is 2. The first-order valence-corrected chi connectivity index (χ1v) is 7.26. The average Bonchev–Trinajstić information content (AvgIpc) is 2.37. The van der Waals surface area contributed by atoms with Crippen LogP contribution in [0.25, 0.3) is 0 Å². The average molecular weight is 353 g/mol. The molecule has 0 unspecified atom stereocenters. The Labute approximate surface area is 131 Å². The molecule has 0 spiro atoms. The first-order chi connectivity index (χ1) is 9.45. The van der Waals surface area contributed by atoms with E-state index in [1.54, 1.807) is 12.1 Å². The van der Waals surface area contributed by atoms with Crippen LogP contribution in [0.2, 0.25) is 0 Å². The standard InChI is InChI=1S/C15H14BrFN2S/c1-9-3-5-12(17)14(7-9)19-15(20)18-13-6-4-11(16)8-10(13)2/h3-8H,1-2H3,(H2,18,19,20). The highest BCUT2D eigenvalue weighted by Gasteiger charge is 2.06. The predicted molar refractivity (Wildman–Crippen MR) is 89.9 cm³/mol. The van der Waals surface area contributed by atoms with Gasteiger partial charge in [-0.3, -0.25) is 0 Å². The molecule has 0 bridgehead atoms. The third kappa shape index (κ3) is 3.77. The van der Waals surface area contributed by atoms with Crippen LogP contribution in [0.5, 0.6) is 0 Å². The van der Waals surface area contributed by atoms with Gasteiger partial charge in [-0.2, -0.15) is 0 Å². The number of thiocarbonyl (C=S) groups is 1. The molecule has 0 aliphatic heterocycles. The van der Waals surface area contributed by atoms with Crippen LogP contribution in [0.1, 0.15) is 11.1 Å². The number of nitrogens with one attached hydrogen (secondary N) is 2. The smallest absolute Gasteiger partial charge is 0.175 e. The number of halogens is 2. The summed E-state index contributed by atoms with van der Waals surface area (Å²) in [7, 11) is 0. The van der Waals surface area contributed by atoms with Gasteiger partial charge in [-0.25, -0.2) is 4.39 Å². The summed E-state index contributed by atoms with van der Waals surface area (Å²) in [6.07, 6.45) is 0. The number of rotatable bonds is 2. The summed E-state index contributed by atoms with van der Waals surface area (Å²) in [5.74, 6) is -0.327. The highest BCUT2D eigenvalue weighted by Crippen LogP contribution is 2.21. The van der Waals surface area contributed by atoms with E-state index in [2.05, 4.69) is 26.6 Å². The Kier molecular flexibility index (Phi) is 4.73. The number of hydrogen-bond donors (Lipinski definition) is 2. The van der Waals surface area contributed by atoms with E-state index in [-0.39, 0.29) is 5.82 Å². The second-order valence-corrected chi connectivity index (χ2v) is 5.85. The van der Waals surface area contributed by atoms with Gasteiger partial charge in [0.1, 0.15) is 5.82 Å². The molecule has 2 aromatic rings. The van der Waals surface area contributed by atoms with Gasteiger partial charge >= 0.3 is 0 Å². The van der Waals surface area contributed by atoms with Crippen molar-refractivity contribution >= 4 is 44.6 Å². The lowest BCUT2D eigenvalue weighted by molar-refractivity contribution is 0.632. The normalized spacial score (nSPS) is 10.2. The van der Waals surface area contributed by atoms with E-state index in [1.165, 1.54) is 6.07 Å². The molecule has 2 nitrogen and oxygen atoms in total. The summed E-state index contributed by atoms with van der Waals surface area (Å²) in [4.78, 5) is 0. The van der Waals surface area contributed by atoms with Crippen molar-refractivity contribution in [2.75, 3.05) is 10.6 Å². The van der Waals surface area contributed by atoms with Crippen LogP contribution in [0, 0.1) is 19.7 Å². The van der Waals surface area contributed by atoms with E-state index in [0.717, 1.165) is 21.3 Å². The van der Waals surface area contributed by atoms with Crippen LogP contribution in [-0.4, -0.2) is 5.11 Å². The molecule has 2 rings (SSSR count). The number of hydrogen-bond acceptors (Lipinski definition) is 1. The molecule has 2 N–H and O–H groups in total. The van der Waals surface area contributed by atoms with Gasteiger partial charge in [0.05, 0.1) is 5.69 Å². The fourth-order valence-corrected chi connectivity index (χ4v) is 2.47. The predicted octanol–water partition coefficient (Wildman–Crippen LogP) is 5.01. The highest BCUT2D eigenvalue weighted by atomic mass is 79.9. The maximum atomic E-state index is 13.6. The van der Waals surface area contributed by atoms with Crippen molar-refractivity contribution in [1.82, 2.24) is 0 Å². The molecule has 0 amide bonds. The van der Waals surface area contributed by atoms with Crippen LogP contribution in [0.3, 0.4) is 0 Å². The van der Waals surface area contributed by atoms with Crippen molar-refractivity contribution in [2.45, 2.75) is 13.8 Å². The van der Waals surface area contributed by atoms with Crippen LogP contribution < -0.4 is 10.6 Å². The van der Waals surface area contributed by atoms with Crippen molar-refractivity contribution in [1.29, 1.82) is 0 Å². The Morgan fingerprint density at radius 3 is 2.45 bits per heavy atom. The molecule has 20 heavy (non-hydrogen) atoms. The molecule has 0 fully saturated rings. The van der Waals surface area contributed by atoms with Crippen LogP contribution >= 0.6 is 28.1 Å². The number of anilines is 2. The monoisotopic (exact) mass is 352 g/mol. The van der Waals surface area contributed by atoms with Crippen LogP contribution in [0.15, 0.2) is 40.9 Å². The van der Waals surface area contributed by atoms with Crippen molar-refractivity contribution < 1.29 is 4.39 Å². The Bertz CT molecular complexity index is 658. The maximum absolute atomic E-state index is 13.6. The lowest BCUT2D eigenvalue weighted by Crippen LogP contribution is -2.20. The van der Waals surface area contributed by atoms with Gasteiger partial charge in [-0.05, 0) is 67.5 Å². The highest BCUT2D eigenvalue weighted by molar-refractivity contribution is 9.10. The van der Waals surface area contributed by atoms with Crippen molar-refractivity contribution in [3.63, 3.8) is 0 Å². The number of aryl methyl sites for hydroxylation is 2. The molecule has 0 aromatic heterocycles. The molecule has 5 heteroatoms. The van der Waals surface area contributed by atoms with Gasteiger partial charge in [0.15, 0.2) is 5.11 Å². The molecule has 104 valence electrons. The van der Waals surface area contributed by atoms with E-state index < -0.39 is 0 Å². The largest absolute Gasteiger partial charge is 0.332 e. The lowest BCUT2D eigenvalue weighted by atomic mass is 10.2. The van der Waals surface area contributed by atoms with Crippen molar-refractivity contribution in [3.8, 4) is 0 Å². The zero-order valence-corrected chi connectivity index (χ0v) is 13.5. The summed E-state index contributed by atoms with van der Waals surface area (Å²) >= 11 is 8.62. The van der Waals surface area contributed by atoms with E-state index in [4.69, 9.17) is 12.2 Å². The summed E-state index contributed by atoms with van der Waals surface area (Å²) < 4.78 is 14.6. The summed E-state index contributed by atoms with van der Waals surface area (Å²) in [6, 6.07) is 10.7. The van der Waals surface area contributed by atoms with Crippen LogP contribution in [-0.2, 0) is 0 Å². The molecule has 0 radical (unpaired) electrons. The van der Waals surface area contributed by atoms with Gasteiger partial charge in [0.2, 0.25) is 0 Å². The first kappa shape index (κ1) is 14.9. The molecular formula is C15H14BrFN2S. The quantitative estimate of drug-likeness (QED) is 0.742. The zero-order chi connectivity index (χ0) is 14.7. The third-order valence-corrected chi connectivity index (χ3v) is 3.50. The Balaban J connectivity index is 2.11. The van der Waals surface area contributed by atoms with E-state index in [1.807, 2.05) is 32.0 Å². The fourth-order valence-electron chi connectivity index (χ4n) is 1.78. The molecule has 2 aromatic carbocycles. The zero-order valence-electron chi connectivity index (χ0n) is 11.1. The molecular weight excluding hydrogens is 339 g/mol. The van der Waals surface area contributed by atoms with Gasteiger partial charge in [-0.1, -0.05) is 22.0 Å². The van der Waals surface area contributed by atoms with Crippen LogP contribution in [0.4, 0.5) is 15.8 Å². The Morgan fingerprint density at radius 2 is 1.75 bits per heavy atom. The van der Waals surface area contributed by atoms with Gasteiger partial charge in [0.25, 0.3) is 0 Å². The van der Waals surface area contributed by atoms with E-state index in [0.29, 0.717) is 10.8 Å². The topological polar surface area (TPSA) is 24.1 Å². The summed E-state index contributed by atoms with van der Waals surface area (Å²) in [5, 5.41) is 6.30. The molecule has 0 atom stereocenters. The van der Waals surface area contributed by atoms with Crippen molar-refractivity contribution in [3.05, 3.63) is 57.8 Å². The van der Waals surface area contributed by atoms with E-state index in [9.17, 15) is 4.39 Å². The molecule has 0 saturated carbocycles. The van der Waals surface area contributed by atoms with Gasteiger partial charge in [0, 0.05) is 10.2 Å². The Hall–Kier alpha value is -1.46. The van der Waals surface area contributed by atoms with Gasteiger partial charge < -0.3 is 10.6 Å². The second-order valence-electron chi connectivity index (χ2n) is 4.52. The third-order valence-electron chi connectivity index (χ3n) is 2.81. The SMILES string of the molecule is Cc1ccc(F)c(NC(=S)Nc2ccc(Br)cc2C)c1. The molecule has 0 saturated heterocycles. The summed E-state index contributed by atoms with van der Waals surface area (Å²) in [5.41, 5.74) is 3.28. The first-order valence-electron chi connectivity index (χ1n) is 6.06. The molecule has 0 heterocycles. The minimum Gasteiger partial charge on any atom is -0.332 e. The minimum atomic E-state index is -0.327. The molecule has 0 aliphatic rings. The maximum Gasteiger partial charge on any atom is 0.175 e. The van der Waals surface area contributed by atoms with Crippen molar-refractivity contribution in [2.24, 2.45) is 0 Å². The van der Waals surface area contributed by atoms with Gasteiger partial charge in [-0.15, -0.1) is 0 Å². The molecule has 0 aliphatic carbocycles. The second kappa shape index (κ2) is 6.33. The lowest BCUT2D eigenvalue weighted by Gasteiger charge is -2.13. The Morgan fingerprint density at radius 1 is 1.05 bits per heavy atom.